The Kier molecular flexibility index (Phi) is 3.45. The van der Waals surface area contributed by atoms with Gasteiger partial charge in [0.1, 0.15) is 0 Å². The van der Waals surface area contributed by atoms with Crippen LogP contribution in [0.1, 0.15) is 23.2 Å². The zero-order chi connectivity index (χ0) is 13.1. The first-order valence-corrected chi connectivity index (χ1v) is 5.80. The van der Waals surface area contributed by atoms with Gasteiger partial charge in [0.2, 0.25) is 11.5 Å². The minimum atomic E-state index is -0.341. The number of aromatic nitrogens is 1. The van der Waals surface area contributed by atoms with Crippen LogP contribution in [0.3, 0.4) is 0 Å². The highest BCUT2D eigenvalue weighted by Crippen LogP contribution is 2.18. The molecule has 6 heteroatoms. The number of nitrogens with zero attached hydrogens (tertiary/aromatic N) is 1. The van der Waals surface area contributed by atoms with Gasteiger partial charge >= 0.3 is 0 Å². The standard InChI is InChI=1S/C12H15N3O3/c1-15(7-11(17)14-9-2-3-9)12(18)8-4-5-13-10(16)6-8/h4-6,9H,2-3,7H2,1H3,(H,13,16)(H,14,17). The molecule has 1 aromatic heterocycles. The van der Waals surface area contributed by atoms with Gasteiger partial charge in [0.05, 0.1) is 6.54 Å². The van der Waals surface area contributed by atoms with Crippen LogP contribution in [0.2, 0.25) is 0 Å². The van der Waals surface area contributed by atoms with Crippen LogP contribution < -0.4 is 10.9 Å². The molecule has 2 rings (SSSR count). The fourth-order valence-electron chi connectivity index (χ4n) is 1.59. The SMILES string of the molecule is CN(CC(=O)NC1CC1)C(=O)c1cc[nH]c(=O)c1. The minimum absolute atomic E-state index is 0.00212. The largest absolute Gasteiger partial charge is 0.352 e. The number of hydrogen-bond donors (Lipinski definition) is 2. The summed E-state index contributed by atoms with van der Waals surface area (Å²) in [5.74, 6) is -0.509. The lowest BCUT2D eigenvalue weighted by atomic mass is 10.2. The summed E-state index contributed by atoms with van der Waals surface area (Å²) in [4.78, 5) is 38.3. The maximum Gasteiger partial charge on any atom is 0.254 e. The van der Waals surface area contributed by atoms with Crippen molar-refractivity contribution < 1.29 is 9.59 Å². The molecule has 0 bridgehead atoms. The number of hydrogen-bond acceptors (Lipinski definition) is 3. The Morgan fingerprint density at radius 2 is 2.22 bits per heavy atom. The van der Waals surface area contributed by atoms with Crippen molar-refractivity contribution in [2.24, 2.45) is 0 Å². The third kappa shape index (κ3) is 3.19. The van der Waals surface area contributed by atoms with E-state index in [1.165, 1.54) is 30.3 Å². The summed E-state index contributed by atoms with van der Waals surface area (Å²) in [6.45, 7) is 0.00212. The average molecular weight is 249 g/mol. The van der Waals surface area contributed by atoms with E-state index < -0.39 is 0 Å². The molecule has 1 aliphatic rings. The highest BCUT2D eigenvalue weighted by molar-refractivity contribution is 5.96. The summed E-state index contributed by atoms with van der Waals surface area (Å²) >= 11 is 0. The Labute approximate surface area is 104 Å². The Balaban J connectivity index is 1.95. The number of likely N-dealkylation sites (N-methyl/N-ethyl adjacent to an activating group) is 1. The van der Waals surface area contributed by atoms with Crippen LogP contribution in [0.25, 0.3) is 0 Å². The van der Waals surface area contributed by atoms with E-state index in [1.54, 1.807) is 0 Å². The second-order valence-electron chi connectivity index (χ2n) is 4.44. The van der Waals surface area contributed by atoms with E-state index >= 15 is 0 Å². The van der Waals surface area contributed by atoms with Gasteiger partial charge < -0.3 is 15.2 Å². The molecule has 96 valence electrons. The lowest BCUT2D eigenvalue weighted by molar-refractivity contribution is -0.121. The normalized spacial score (nSPS) is 14.1. The van der Waals surface area contributed by atoms with Gasteiger partial charge in [-0.3, -0.25) is 14.4 Å². The van der Waals surface area contributed by atoms with Crippen LogP contribution >= 0.6 is 0 Å². The van der Waals surface area contributed by atoms with Crippen LogP contribution in [0.4, 0.5) is 0 Å². The van der Waals surface area contributed by atoms with Crippen LogP contribution in [-0.4, -0.2) is 41.3 Å². The predicted molar refractivity (Wildman–Crippen MR) is 65.2 cm³/mol. The van der Waals surface area contributed by atoms with Gasteiger partial charge in [0, 0.05) is 30.9 Å². The number of H-pyrrole nitrogens is 1. The van der Waals surface area contributed by atoms with Gasteiger partial charge in [0.25, 0.3) is 5.91 Å². The molecule has 18 heavy (non-hydrogen) atoms. The van der Waals surface area contributed by atoms with Crippen molar-refractivity contribution in [3.8, 4) is 0 Å². The molecular formula is C12H15N3O3. The van der Waals surface area contributed by atoms with Gasteiger partial charge in [-0.05, 0) is 18.9 Å². The van der Waals surface area contributed by atoms with Crippen molar-refractivity contribution in [3.63, 3.8) is 0 Å². The van der Waals surface area contributed by atoms with Crippen molar-refractivity contribution >= 4 is 11.8 Å². The molecule has 1 aromatic rings. The fourth-order valence-corrected chi connectivity index (χ4v) is 1.59. The van der Waals surface area contributed by atoms with E-state index in [0.29, 0.717) is 0 Å². The first-order valence-electron chi connectivity index (χ1n) is 5.80. The van der Waals surface area contributed by atoms with E-state index in [1.807, 2.05) is 0 Å². The Bertz CT molecular complexity index is 519. The van der Waals surface area contributed by atoms with E-state index in [9.17, 15) is 14.4 Å². The fraction of sp³-hybridized carbons (Fsp3) is 0.417. The summed E-state index contributed by atoms with van der Waals surface area (Å²) in [5.41, 5.74) is -0.0582. The number of pyridine rings is 1. The highest BCUT2D eigenvalue weighted by atomic mass is 16.2. The molecule has 0 spiro atoms. The Morgan fingerprint density at radius 3 is 2.83 bits per heavy atom. The summed E-state index contributed by atoms with van der Waals surface area (Å²) in [6.07, 6.45) is 3.43. The monoisotopic (exact) mass is 249 g/mol. The van der Waals surface area contributed by atoms with Crippen LogP contribution in [0.5, 0.6) is 0 Å². The van der Waals surface area contributed by atoms with Crippen molar-refractivity contribution in [1.82, 2.24) is 15.2 Å². The summed E-state index contributed by atoms with van der Waals surface area (Å²) in [6, 6.07) is 3.01. The molecule has 0 saturated heterocycles. The van der Waals surface area contributed by atoms with Gasteiger partial charge in [0.15, 0.2) is 0 Å². The predicted octanol–water partition coefficient (Wildman–Crippen LogP) is -0.275. The third-order valence-electron chi connectivity index (χ3n) is 2.69. The number of nitrogens with one attached hydrogen (secondary N) is 2. The zero-order valence-electron chi connectivity index (χ0n) is 10.1. The van der Waals surface area contributed by atoms with Gasteiger partial charge in [-0.15, -0.1) is 0 Å². The van der Waals surface area contributed by atoms with E-state index in [-0.39, 0.29) is 35.5 Å². The molecule has 0 aromatic carbocycles. The zero-order valence-corrected chi connectivity index (χ0v) is 10.1. The maximum atomic E-state index is 11.9. The van der Waals surface area contributed by atoms with E-state index in [2.05, 4.69) is 10.3 Å². The van der Waals surface area contributed by atoms with E-state index in [0.717, 1.165) is 12.8 Å². The topological polar surface area (TPSA) is 82.3 Å². The average Bonchev–Trinajstić information content (AvgIpc) is 3.11. The molecule has 1 saturated carbocycles. The van der Waals surface area contributed by atoms with Crippen LogP contribution in [0, 0.1) is 0 Å². The second-order valence-corrected chi connectivity index (χ2v) is 4.44. The summed E-state index contributed by atoms with van der Waals surface area (Å²) in [5, 5.41) is 2.80. The number of carbonyl (C=O) groups excluding carboxylic acids is 2. The quantitative estimate of drug-likeness (QED) is 0.770. The molecule has 2 amide bonds. The number of amides is 2. The van der Waals surface area contributed by atoms with Gasteiger partial charge in [-0.1, -0.05) is 0 Å². The molecular weight excluding hydrogens is 234 g/mol. The number of carbonyl (C=O) groups is 2. The van der Waals surface area contributed by atoms with Crippen molar-refractivity contribution in [2.45, 2.75) is 18.9 Å². The first-order chi connectivity index (χ1) is 8.56. The number of aromatic amines is 1. The third-order valence-corrected chi connectivity index (χ3v) is 2.69. The Morgan fingerprint density at radius 1 is 1.50 bits per heavy atom. The van der Waals surface area contributed by atoms with E-state index in [4.69, 9.17) is 0 Å². The van der Waals surface area contributed by atoms with Crippen LogP contribution in [0.15, 0.2) is 23.1 Å². The van der Waals surface area contributed by atoms with Gasteiger partial charge in [-0.2, -0.15) is 0 Å². The molecule has 1 heterocycles. The molecule has 2 N–H and O–H groups in total. The van der Waals surface area contributed by atoms with Gasteiger partial charge in [-0.25, -0.2) is 0 Å². The molecule has 0 aliphatic heterocycles. The minimum Gasteiger partial charge on any atom is -0.352 e. The Hall–Kier alpha value is -2.11. The maximum absolute atomic E-state index is 11.9. The first kappa shape index (κ1) is 12.3. The molecule has 1 aliphatic carbocycles. The van der Waals surface area contributed by atoms with Crippen molar-refractivity contribution in [2.75, 3.05) is 13.6 Å². The molecule has 0 atom stereocenters. The van der Waals surface area contributed by atoms with Crippen molar-refractivity contribution in [3.05, 3.63) is 34.2 Å². The lowest BCUT2D eigenvalue weighted by Crippen LogP contribution is -2.39. The van der Waals surface area contributed by atoms with Crippen molar-refractivity contribution in [1.29, 1.82) is 0 Å². The second kappa shape index (κ2) is 5.03. The molecule has 1 fully saturated rings. The van der Waals surface area contributed by atoms with Crippen LogP contribution in [-0.2, 0) is 4.79 Å². The summed E-state index contributed by atoms with van der Waals surface area (Å²) < 4.78 is 0. The number of rotatable bonds is 4. The molecule has 0 unspecified atom stereocenters. The lowest BCUT2D eigenvalue weighted by Gasteiger charge is -2.16. The highest BCUT2D eigenvalue weighted by Gasteiger charge is 2.24. The summed E-state index contributed by atoms with van der Waals surface area (Å²) in [7, 11) is 1.54. The smallest absolute Gasteiger partial charge is 0.254 e. The molecule has 0 radical (unpaired) electrons. The molecule has 6 nitrogen and oxygen atoms in total.